The van der Waals surface area contributed by atoms with Gasteiger partial charge in [0, 0.05) is 32.0 Å². The molecule has 1 aromatic heterocycles. The van der Waals surface area contributed by atoms with Crippen LogP contribution in [0.4, 0.5) is 0 Å². The summed E-state index contributed by atoms with van der Waals surface area (Å²) in [6, 6.07) is 1.84. The Morgan fingerprint density at radius 2 is 2.11 bits per heavy atom. The molecule has 0 saturated carbocycles. The number of hydrogen-bond donors (Lipinski definition) is 2. The van der Waals surface area contributed by atoms with Crippen LogP contribution in [0.2, 0.25) is 0 Å². The van der Waals surface area contributed by atoms with E-state index in [2.05, 4.69) is 9.71 Å². The lowest BCUT2D eigenvalue weighted by Crippen LogP contribution is -2.51. The minimum atomic E-state index is -3.44. The fraction of sp³-hybridized carbons (Fsp3) is 0.636. The Morgan fingerprint density at radius 3 is 2.67 bits per heavy atom. The Hall–Kier alpha value is -0.890. The van der Waals surface area contributed by atoms with Crippen molar-refractivity contribution in [1.82, 2.24) is 14.0 Å². The molecule has 0 radical (unpaired) electrons. The third-order valence-corrected chi connectivity index (χ3v) is 4.33. The van der Waals surface area contributed by atoms with Gasteiger partial charge in [0.15, 0.2) is 0 Å². The van der Waals surface area contributed by atoms with Crippen LogP contribution in [0.25, 0.3) is 0 Å². The molecule has 1 aliphatic heterocycles. The zero-order valence-electron chi connectivity index (χ0n) is 10.6. The second-order valence-corrected chi connectivity index (χ2v) is 6.37. The zero-order chi connectivity index (χ0) is 13.2. The van der Waals surface area contributed by atoms with Crippen molar-refractivity contribution in [3.8, 4) is 0 Å². The van der Waals surface area contributed by atoms with Gasteiger partial charge in [-0.25, -0.2) is 0 Å². The van der Waals surface area contributed by atoms with Crippen molar-refractivity contribution in [3.05, 3.63) is 24.0 Å². The van der Waals surface area contributed by atoms with Gasteiger partial charge in [-0.1, -0.05) is 0 Å². The topological polar surface area (TPSA) is 74.4 Å². The van der Waals surface area contributed by atoms with Gasteiger partial charge in [0.1, 0.15) is 0 Å². The van der Waals surface area contributed by atoms with Crippen LogP contribution in [0, 0.1) is 0 Å². The lowest BCUT2D eigenvalue weighted by atomic mass is 10.3. The van der Waals surface area contributed by atoms with Crippen LogP contribution in [0.15, 0.2) is 18.5 Å². The molecule has 102 valence electrons. The highest BCUT2D eigenvalue weighted by molar-refractivity contribution is 7.87. The molecule has 7 heteroatoms. The van der Waals surface area contributed by atoms with Gasteiger partial charge < -0.3 is 9.72 Å². The van der Waals surface area contributed by atoms with Gasteiger partial charge in [-0.2, -0.15) is 17.4 Å². The van der Waals surface area contributed by atoms with Gasteiger partial charge in [0.05, 0.1) is 12.2 Å². The van der Waals surface area contributed by atoms with Crippen molar-refractivity contribution in [2.45, 2.75) is 32.6 Å². The first-order chi connectivity index (χ1) is 8.47. The molecule has 0 aromatic carbocycles. The summed E-state index contributed by atoms with van der Waals surface area (Å²) in [6.07, 6.45) is 3.39. The fourth-order valence-corrected chi connectivity index (χ4v) is 3.41. The van der Waals surface area contributed by atoms with E-state index in [1.165, 1.54) is 4.31 Å². The van der Waals surface area contributed by atoms with E-state index < -0.39 is 10.2 Å². The molecule has 6 nitrogen and oxygen atoms in total. The van der Waals surface area contributed by atoms with Crippen molar-refractivity contribution in [3.63, 3.8) is 0 Å². The first kappa shape index (κ1) is 13.5. The van der Waals surface area contributed by atoms with Crippen LogP contribution in [0.5, 0.6) is 0 Å². The van der Waals surface area contributed by atoms with Gasteiger partial charge in [0.25, 0.3) is 10.2 Å². The summed E-state index contributed by atoms with van der Waals surface area (Å²) in [5, 5.41) is 0. The number of aromatic amines is 1. The molecule has 2 atom stereocenters. The predicted molar refractivity (Wildman–Crippen MR) is 68.1 cm³/mol. The molecule has 1 fully saturated rings. The van der Waals surface area contributed by atoms with E-state index in [9.17, 15) is 8.42 Å². The summed E-state index contributed by atoms with van der Waals surface area (Å²) >= 11 is 0. The summed E-state index contributed by atoms with van der Waals surface area (Å²) in [6.45, 7) is 4.85. The summed E-state index contributed by atoms with van der Waals surface area (Å²) in [4.78, 5) is 2.89. The molecule has 1 aliphatic rings. The third kappa shape index (κ3) is 3.32. The first-order valence-corrected chi connectivity index (χ1v) is 7.43. The molecular weight excluding hydrogens is 254 g/mol. The van der Waals surface area contributed by atoms with Gasteiger partial charge in [-0.3, -0.25) is 0 Å². The molecule has 2 rings (SSSR count). The highest BCUT2D eigenvalue weighted by Gasteiger charge is 2.30. The average molecular weight is 273 g/mol. The van der Waals surface area contributed by atoms with Crippen LogP contribution >= 0.6 is 0 Å². The number of ether oxygens (including phenoxy) is 1. The van der Waals surface area contributed by atoms with Crippen molar-refractivity contribution in [2.24, 2.45) is 0 Å². The van der Waals surface area contributed by atoms with E-state index >= 15 is 0 Å². The average Bonchev–Trinajstić information content (AvgIpc) is 2.78. The summed E-state index contributed by atoms with van der Waals surface area (Å²) in [7, 11) is -3.44. The Balaban J connectivity index is 1.97. The van der Waals surface area contributed by atoms with Crippen molar-refractivity contribution in [2.75, 3.05) is 13.1 Å². The van der Waals surface area contributed by atoms with E-state index in [-0.39, 0.29) is 12.2 Å². The highest BCUT2D eigenvalue weighted by Crippen LogP contribution is 2.13. The van der Waals surface area contributed by atoms with E-state index in [1.807, 2.05) is 19.9 Å². The largest absolute Gasteiger partial charge is 0.373 e. The summed E-state index contributed by atoms with van der Waals surface area (Å²) in [5.41, 5.74) is 0.910. The van der Waals surface area contributed by atoms with Crippen LogP contribution < -0.4 is 4.72 Å². The van der Waals surface area contributed by atoms with Crippen LogP contribution in [-0.2, 0) is 21.5 Å². The SMILES string of the molecule is CC1CN(S(=O)(=O)NCc2cc[nH]c2)CC(C)O1. The second-order valence-electron chi connectivity index (χ2n) is 4.62. The number of morpholine rings is 1. The second kappa shape index (κ2) is 5.40. The van der Waals surface area contributed by atoms with E-state index in [0.717, 1.165) is 5.56 Å². The standard InChI is InChI=1S/C11H19N3O3S/c1-9-7-14(8-10(2)17-9)18(15,16)13-6-11-3-4-12-5-11/h3-5,9-10,12-13H,6-8H2,1-2H3. The number of aromatic nitrogens is 1. The van der Waals surface area contributed by atoms with Crippen LogP contribution in [0.1, 0.15) is 19.4 Å². The van der Waals surface area contributed by atoms with Gasteiger partial charge in [-0.05, 0) is 25.5 Å². The normalized spacial score (nSPS) is 26.3. The lowest BCUT2D eigenvalue weighted by molar-refractivity contribution is -0.0444. The maximum atomic E-state index is 12.1. The van der Waals surface area contributed by atoms with Crippen molar-refractivity contribution >= 4 is 10.2 Å². The van der Waals surface area contributed by atoms with Gasteiger partial charge in [-0.15, -0.1) is 0 Å². The van der Waals surface area contributed by atoms with Crippen molar-refractivity contribution < 1.29 is 13.2 Å². The highest BCUT2D eigenvalue weighted by atomic mass is 32.2. The molecule has 1 saturated heterocycles. The van der Waals surface area contributed by atoms with Gasteiger partial charge in [0.2, 0.25) is 0 Å². The molecule has 18 heavy (non-hydrogen) atoms. The summed E-state index contributed by atoms with van der Waals surface area (Å²) in [5.74, 6) is 0. The predicted octanol–water partition coefficient (Wildman–Crippen LogP) is 0.458. The monoisotopic (exact) mass is 273 g/mol. The molecule has 0 spiro atoms. The van der Waals surface area contributed by atoms with E-state index in [4.69, 9.17) is 4.74 Å². The maximum absolute atomic E-state index is 12.1. The van der Waals surface area contributed by atoms with Crippen LogP contribution in [-0.4, -0.2) is 43.0 Å². The zero-order valence-corrected chi connectivity index (χ0v) is 11.4. The number of rotatable bonds is 4. The molecule has 1 aromatic rings. The lowest BCUT2D eigenvalue weighted by Gasteiger charge is -2.34. The maximum Gasteiger partial charge on any atom is 0.279 e. The molecule has 2 heterocycles. The summed E-state index contributed by atoms with van der Waals surface area (Å²) < 4.78 is 33.8. The van der Waals surface area contributed by atoms with E-state index in [0.29, 0.717) is 19.6 Å². The Kier molecular flexibility index (Phi) is 4.06. The Morgan fingerprint density at radius 1 is 1.44 bits per heavy atom. The number of H-pyrrole nitrogens is 1. The van der Waals surface area contributed by atoms with Gasteiger partial charge >= 0.3 is 0 Å². The minimum absolute atomic E-state index is 0.0717. The minimum Gasteiger partial charge on any atom is -0.373 e. The Bertz CT molecular complexity index is 462. The Labute approximate surface area is 108 Å². The molecule has 0 amide bonds. The quantitative estimate of drug-likeness (QED) is 0.837. The molecule has 2 N–H and O–H groups in total. The number of hydrogen-bond acceptors (Lipinski definition) is 3. The smallest absolute Gasteiger partial charge is 0.279 e. The van der Waals surface area contributed by atoms with E-state index in [1.54, 1.807) is 12.4 Å². The van der Waals surface area contributed by atoms with Crippen molar-refractivity contribution in [1.29, 1.82) is 0 Å². The third-order valence-electron chi connectivity index (χ3n) is 2.85. The van der Waals surface area contributed by atoms with Crippen LogP contribution in [0.3, 0.4) is 0 Å². The molecule has 2 unspecified atom stereocenters. The number of nitrogens with one attached hydrogen (secondary N) is 2. The number of nitrogens with zero attached hydrogens (tertiary/aromatic N) is 1. The first-order valence-electron chi connectivity index (χ1n) is 5.99. The molecule has 0 bridgehead atoms. The molecular formula is C11H19N3O3S. The molecule has 0 aliphatic carbocycles. The fourth-order valence-electron chi connectivity index (χ4n) is 2.06.